The molecule has 5 nitrogen and oxygen atoms in total. The number of aromatic carboxylic acids is 1. The first-order valence-corrected chi connectivity index (χ1v) is 4.64. The Bertz CT molecular complexity index is 340. The molecule has 0 aromatic carbocycles. The van der Waals surface area contributed by atoms with Crippen LogP contribution in [0.5, 0.6) is 5.75 Å². The zero-order chi connectivity index (χ0) is 11.3. The van der Waals surface area contributed by atoms with E-state index in [0.717, 1.165) is 0 Å². The van der Waals surface area contributed by atoms with Crippen molar-refractivity contribution in [2.45, 2.75) is 19.4 Å². The number of rotatable bonds is 5. The van der Waals surface area contributed by atoms with Gasteiger partial charge in [-0.1, -0.05) is 6.92 Å². The van der Waals surface area contributed by atoms with Crippen molar-refractivity contribution >= 4 is 5.97 Å². The molecule has 0 fully saturated rings. The number of aliphatic hydroxyl groups is 1. The van der Waals surface area contributed by atoms with Gasteiger partial charge in [0.05, 0.1) is 6.10 Å². The van der Waals surface area contributed by atoms with Gasteiger partial charge in [-0.05, 0) is 18.6 Å². The smallest absolute Gasteiger partial charge is 0.358 e. The molecule has 5 heteroatoms. The predicted octanol–water partition coefficient (Wildman–Crippen LogP) is 0.929. The van der Waals surface area contributed by atoms with Gasteiger partial charge in [0.2, 0.25) is 0 Å². The number of aliphatic hydroxyl groups excluding tert-OH is 1. The molecule has 15 heavy (non-hydrogen) atoms. The summed E-state index contributed by atoms with van der Waals surface area (Å²) in [5.74, 6) is -0.964. The summed E-state index contributed by atoms with van der Waals surface area (Å²) in [7, 11) is 0. The van der Waals surface area contributed by atoms with Crippen molar-refractivity contribution < 1.29 is 19.7 Å². The summed E-state index contributed by atoms with van der Waals surface area (Å²) in [6, 6.07) is 3.10. The third-order valence-electron chi connectivity index (χ3n) is 1.88. The highest BCUT2D eigenvalue weighted by Gasteiger charge is 2.13. The van der Waals surface area contributed by atoms with Crippen LogP contribution in [0.2, 0.25) is 0 Å². The van der Waals surface area contributed by atoms with Crippen LogP contribution in [0.1, 0.15) is 23.8 Å². The third-order valence-corrected chi connectivity index (χ3v) is 1.88. The largest absolute Gasteiger partial charge is 0.488 e. The molecular formula is C10H13NO4. The van der Waals surface area contributed by atoms with Crippen LogP contribution in [0.4, 0.5) is 0 Å². The van der Waals surface area contributed by atoms with E-state index in [1.165, 1.54) is 12.3 Å². The lowest BCUT2D eigenvalue weighted by molar-refractivity contribution is 0.0674. The van der Waals surface area contributed by atoms with E-state index in [1.807, 2.05) is 6.92 Å². The molecular weight excluding hydrogens is 198 g/mol. The van der Waals surface area contributed by atoms with Crippen molar-refractivity contribution in [3.63, 3.8) is 0 Å². The number of carbonyl (C=O) groups is 1. The Labute approximate surface area is 87.3 Å². The Morgan fingerprint density at radius 1 is 1.67 bits per heavy atom. The van der Waals surface area contributed by atoms with Crippen LogP contribution in [-0.4, -0.2) is 33.9 Å². The molecule has 0 aliphatic rings. The molecule has 1 atom stereocenters. The molecule has 0 radical (unpaired) electrons. The summed E-state index contributed by atoms with van der Waals surface area (Å²) < 4.78 is 5.16. The molecule has 0 bridgehead atoms. The van der Waals surface area contributed by atoms with E-state index < -0.39 is 12.1 Å². The minimum Gasteiger partial charge on any atom is -0.488 e. The number of nitrogens with zero attached hydrogens (tertiary/aromatic N) is 1. The quantitative estimate of drug-likeness (QED) is 0.757. The Hall–Kier alpha value is -1.62. The highest BCUT2D eigenvalue weighted by atomic mass is 16.5. The molecule has 82 valence electrons. The Balaban J connectivity index is 2.72. The van der Waals surface area contributed by atoms with Gasteiger partial charge in [0, 0.05) is 6.20 Å². The normalized spacial score (nSPS) is 12.1. The fourth-order valence-electron chi connectivity index (χ4n) is 0.971. The van der Waals surface area contributed by atoms with E-state index >= 15 is 0 Å². The van der Waals surface area contributed by atoms with Gasteiger partial charge in [-0.15, -0.1) is 0 Å². The molecule has 0 aliphatic heterocycles. The molecule has 0 saturated heterocycles. The van der Waals surface area contributed by atoms with Crippen LogP contribution in [0.25, 0.3) is 0 Å². The van der Waals surface area contributed by atoms with E-state index in [4.69, 9.17) is 9.84 Å². The summed E-state index contributed by atoms with van der Waals surface area (Å²) in [5, 5.41) is 18.0. The number of carboxylic acids is 1. The topological polar surface area (TPSA) is 79.7 Å². The second kappa shape index (κ2) is 5.31. The SMILES string of the molecule is CCC(O)COc1cccnc1C(=O)O. The average Bonchev–Trinajstić information content (AvgIpc) is 2.26. The standard InChI is InChI=1S/C10H13NO4/c1-2-7(12)6-15-8-4-3-5-11-9(8)10(13)14/h3-5,7,12H,2,6H2,1H3,(H,13,14). The second-order valence-electron chi connectivity index (χ2n) is 3.03. The molecule has 1 unspecified atom stereocenters. The molecule has 0 saturated carbocycles. The zero-order valence-corrected chi connectivity index (χ0v) is 8.38. The molecule has 2 N–H and O–H groups in total. The minimum absolute atomic E-state index is 0.0719. The molecule has 1 heterocycles. The van der Waals surface area contributed by atoms with Gasteiger partial charge < -0.3 is 14.9 Å². The minimum atomic E-state index is -1.14. The fourth-order valence-corrected chi connectivity index (χ4v) is 0.971. The van der Waals surface area contributed by atoms with Crippen molar-refractivity contribution in [1.29, 1.82) is 0 Å². The van der Waals surface area contributed by atoms with Crippen LogP contribution in [-0.2, 0) is 0 Å². The van der Waals surface area contributed by atoms with Crippen molar-refractivity contribution in [2.75, 3.05) is 6.61 Å². The number of hydrogen-bond donors (Lipinski definition) is 2. The molecule has 1 aromatic rings. The van der Waals surface area contributed by atoms with E-state index in [9.17, 15) is 9.90 Å². The summed E-state index contributed by atoms with van der Waals surface area (Å²) in [6.45, 7) is 1.89. The third kappa shape index (κ3) is 3.21. The maximum Gasteiger partial charge on any atom is 0.358 e. The molecule has 1 rings (SSSR count). The lowest BCUT2D eigenvalue weighted by Crippen LogP contribution is -2.17. The maximum atomic E-state index is 10.7. The Morgan fingerprint density at radius 2 is 2.40 bits per heavy atom. The van der Waals surface area contributed by atoms with Gasteiger partial charge >= 0.3 is 5.97 Å². The van der Waals surface area contributed by atoms with Crippen molar-refractivity contribution in [1.82, 2.24) is 4.98 Å². The lowest BCUT2D eigenvalue weighted by atomic mass is 10.3. The first-order chi connectivity index (χ1) is 7.15. The number of aromatic nitrogens is 1. The van der Waals surface area contributed by atoms with Crippen molar-refractivity contribution in [2.24, 2.45) is 0 Å². The summed E-state index contributed by atoms with van der Waals surface area (Å²) in [5.41, 5.74) is -0.138. The van der Waals surface area contributed by atoms with E-state index in [0.29, 0.717) is 6.42 Å². The van der Waals surface area contributed by atoms with Crippen molar-refractivity contribution in [3.8, 4) is 5.75 Å². The van der Waals surface area contributed by atoms with Crippen molar-refractivity contribution in [3.05, 3.63) is 24.0 Å². The van der Waals surface area contributed by atoms with Crippen LogP contribution >= 0.6 is 0 Å². The summed E-state index contributed by atoms with van der Waals surface area (Å²) >= 11 is 0. The highest BCUT2D eigenvalue weighted by Crippen LogP contribution is 2.15. The summed E-state index contributed by atoms with van der Waals surface area (Å²) in [4.78, 5) is 14.4. The first kappa shape index (κ1) is 11.5. The van der Waals surface area contributed by atoms with Gasteiger partial charge in [-0.25, -0.2) is 9.78 Å². The number of carboxylic acid groups (broad SMARTS) is 1. The average molecular weight is 211 g/mol. The second-order valence-corrected chi connectivity index (χ2v) is 3.03. The predicted molar refractivity (Wildman–Crippen MR) is 53.0 cm³/mol. The number of ether oxygens (including phenoxy) is 1. The van der Waals surface area contributed by atoms with Gasteiger partial charge in [-0.2, -0.15) is 0 Å². The molecule has 0 amide bonds. The van der Waals surface area contributed by atoms with Crippen LogP contribution in [0.15, 0.2) is 18.3 Å². The lowest BCUT2D eigenvalue weighted by Gasteiger charge is -2.11. The van der Waals surface area contributed by atoms with E-state index in [1.54, 1.807) is 6.07 Å². The Kier molecular flexibility index (Phi) is 4.05. The van der Waals surface area contributed by atoms with Crippen LogP contribution < -0.4 is 4.74 Å². The van der Waals surface area contributed by atoms with E-state index in [2.05, 4.69) is 4.98 Å². The van der Waals surface area contributed by atoms with Gasteiger partial charge in [-0.3, -0.25) is 0 Å². The van der Waals surface area contributed by atoms with Gasteiger partial charge in [0.25, 0.3) is 0 Å². The van der Waals surface area contributed by atoms with Gasteiger partial charge in [0.1, 0.15) is 6.61 Å². The van der Waals surface area contributed by atoms with Crippen LogP contribution in [0.3, 0.4) is 0 Å². The molecule has 0 aliphatic carbocycles. The summed E-state index contributed by atoms with van der Waals surface area (Å²) in [6.07, 6.45) is 1.35. The molecule has 0 spiro atoms. The van der Waals surface area contributed by atoms with Crippen LogP contribution in [0, 0.1) is 0 Å². The molecule has 1 aromatic heterocycles. The first-order valence-electron chi connectivity index (χ1n) is 4.64. The Morgan fingerprint density at radius 3 is 3.00 bits per heavy atom. The van der Waals surface area contributed by atoms with E-state index in [-0.39, 0.29) is 18.1 Å². The highest BCUT2D eigenvalue weighted by molar-refractivity contribution is 5.88. The number of pyridine rings is 1. The monoisotopic (exact) mass is 211 g/mol. The zero-order valence-electron chi connectivity index (χ0n) is 8.38. The number of hydrogen-bond acceptors (Lipinski definition) is 4. The fraction of sp³-hybridized carbons (Fsp3) is 0.400. The maximum absolute atomic E-state index is 10.7. The van der Waals surface area contributed by atoms with Gasteiger partial charge in [0.15, 0.2) is 11.4 Å².